The molecule has 0 spiro atoms. The fourth-order valence-corrected chi connectivity index (χ4v) is 1.36. The molecule has 0 saturated carbocycles. The van der Waals surface area contributed by atoms with Crippen molar-refractivity contribution in [1.29, 1.82) is 0 Å². The number of hydrogen-bond acceptors (Lipinski definition) is 5. The molecule has 1 rings (SSSR count). The van der Waals surface area contributed by atoms with Crippen LogP contribution in [0.3, 0.4) is 0 Å². The monoisotopic (exact) mass is 252 g/mol. The summed E-state index contributed by atoms with van der Waals surface area (Å²) in [6.07, 6.45) is 0. The number of nitrogens with two attached hydrogens (primary N) is 3. The average molecular weight is 252 g/mol. The van der Waals surface area contributed by atoms with E-state index in [1.807, 2.05) is 0 Å². The normalized spacial score (nSPS) is 10.0. The number of nitrogens with one attached hydrogen (secondary N) is 1. The second-order valence-electron chi connectivity index (χ2n) is 3.58. The number of para-hydroxylation sites is 1. The van der Waals surface area contributed by atoms with Crippen LogP contribution in [0.25, 0.3) is 0 Å². The smallest absolute Gasteiger partial charge is 0.250 e. The topological polar surface area (TPSA) is 133 Å². The van der Waals surface area contributed by atoms with Crippen LogP contribution in [0.1, 0.15) is 10.4 Å². The van der Waals surface area contributed by atoms with Crippen molar-refractivity contribution in [2.45, 2.75) is 0 Å². The van der Waals surface area contributed by atoms with E-state index in [1.165, 1.54) is 0 Å². The lowest BCUT2D eigenvalue weighted by atomic mass is 10.1. The molecule has 98 valence electrons. The van der Waals surface area contributed by atoms with Gasteiger partial charge in [0.1, 0.15) is 6.61 Å². The van der Waals surface area contributed by atoms with Gasteiger partial charge in [-0.05, 0) is 12.1 Å². The van der Waals surface area contributed by atoms with Crippen molar-refractivity contribution in [2.75, 3.05) is 30.8 Å². The maximum Gasteiger partial charge on any atom is 0.250 e. The first-order valence-corrected chi connectivity index (χ1v) is 5.30. The van der Waals surface area contributed by atoms with Gasteiger partial charge in [0.05, 0.1) is 23.5 Å². The highest BCUT2D eigenvalue weighted by Crippen LogP contribution is 2.21. The van der Waals surface area contributed by atoms with Gasteiger partial charge < -0.3 is 27.3 Å². The summed E-state index contributed by atoms with van der Waals surface area (Å²) >= 11 is 0. The zero-order valence-corrected chi connectivity index (χ0v) is 9.81. The Hall–Kier alpha value is -2.28. The molecule has 7 N–H and O–H groups in total. The molecule has 1 aromatic carbocycles. The third-order valence-electron chi connectivity index (χ3n) is 2.18. The third-order valence-corrected chi connectivity index (χ3v) is 2.18. The Balaban J connectivity index is 2.50. The van der Waals surface area contributed by atoms with Crippen LogP contribution in [0, 0.1) is 0 Å². The fourth-order valence-electron chi connectivity index (χ4n) is 1.36. The van der Waals surface area contributed by atoms with E-state index < -0.39 is 11.8 Å². The summed E-state index contributed by atoms with van der Waals surface area (Å²) in [4.78, 5) is 21.5. The van der Waals surface area contributed by atoms with E-state index in [0.29, 0.717) is 24.5 Å². The van der Waals surface area contributed by atoms with Gasteiger partial charge in [-0.3, -0.25) is 9.59 Å². The highest BCUT2D eigenvalue weighted by molar-refractivity contribution is 6.00. The molecule has 0 atom stereocenters. The third kappa shape index (κ3) is 3.95. The Bertz CT molecular complexity index is 448. The van der Waals surface area contributed by atoms with E-state index in [9.17, 15) is 9.59 Å². The minimum atomic E-state index is -0.582. The number of amides is 2. The summed E-state index contributed by atoms with van der Waals surface area (Å²) in [5, 5.41) is 2.97. The highest BCUT2D eigenvalue weighted by atomic mass is 16.5. The summed E-state index contributed by atoms with van der Waals surface area (Å²) in [5.41, 5.74) is 17.0. The van der Waals surface area contributed by atoms with Crippen LogP contribution in [0.4, 0.5) is 11.4 Å². The Morgan fingerprint density at radius 3 is 2.61 bits per heavy atom. The number of benzene rings is 1. The van der Waals surface area contributed by atoms with Crippen molar-refractivity contribution in [2.24, 2.45) is 11.5 Å². The Morgan fingerprint density at radius 2 is 2.00 bits per heavy atom. The zero-order valence-electron chi connectivity index (χ0n) is 9.81. The van der Waals surface area contributed by atoms with E-state index in [4.69, 9.17) is 21.9 Å². The molecule has 2 amide bonds. The zero-order chi connectivity index (χ0) is 13.5. The van der Waals surface area contributed by atoms with E-state index in [1.54, 1.807) is 18.2 Å². The van der Waals surface area contributed by atoms with Crippen LogP contribution < -0.4 is 22.5 Å². The van der Waals surface area contributed by atoms with Crippen LogP contribution in [-0.2, 0) is 9.53 Å². The van der Waals surface area contributed by atoms with Gasteiger partial charge in [0.2, 0.25) is 5.91 Å². The van der Waals surface area contributed by atoms with Gasteiger partial charge in [-0.2, -0.15) is 0 Å². The summed E-state index contributed by atoms with van der Waals surface area (Å²) in [6, 6.07) is 4.94. The maximum atomic E-state index is 11.1. The molecule has 0 aliphatic carbocycles. The molecule has 7 nitrogen and oxygen atoms in total. The van der Waals surface area contributed by atoms with Gasteiger partial charge in [0, 0.05) is 6.54 Å². The average Bonchev–Trinajstić information content (AvgIpc) is 2.30. The number of nitrogen functional groups attached to an aromatic ring is 1. The molecule has 7 heteroatoms. The van der Waals surface area contributed by atoms with E-state index in [2.05, 4.69) is 5.32 Å². The van der Waals surface area contributed by atoms with E-state index in [0.717, 1.165) is 0 Å². The predicted molar refractivity (Wildman–Crippen MR) is 67.9 cm³/mol. The van der Waals surface area contributed by atoms with Gasteiger partial charge in [-0.15, -0.1) is 0 Å². The lowest BCUT2D eigenvalue weighted by molar-refractivity contribution is -0.122. The highest BCUT2D eigenvalue weighted by Gasteiger charge is 2.08. The molecular weight excluding hydrogens is 236 g/mol. The molecule has 1 aromatic rings. The number of anilines is 2. The Kier molecular flexibility index (Phi) is 4.94. The standard InChI is InChI=1S/C11H16N4O3/c12-9(16)6-18-5-4-15-8-3-1-2-7(10(8)13)11(14)17/h1-3,15H,4-6,13H2,(H2,12,16)(H2,14,17). The SMILES string of the molecule is NC(=O)COCCNc1cccc(C(N)=O)c1N. The molecular formula is C11H16N4O3. The fraction of sp³-hybridized carbons (Fsp3) is 0.273. The maximum absolute atomic E-state index is 11.1. The number of primary amides is 2. The summed E-state index contributed by atoms with van der Waals surface area (Å²) in [5.74, 6) is -1.11. The van der Waals surface area contributed by atoms with Crippen molar-refractivity contribution in [3.05, 3.63) is 23.8 Å². The van der Waals surface area contributed by atoms with Crippen LogP contribution in [0.5, 0.6) is 0 Å². The van der Waals surface area contributed by atoms with E-state index >= 15 is 0 Å². The van der Waals surface area contributed by atoms with Crippen molar-refractivity contribution < 1.29 is 14.3 Å². The number of carbonyl (C=O) groups is 2. The number of ether oxygens (including phenoxy) is 1. The van der Waals surface area contributed by atoms with Crippen molar-refractivity contribution >= 4 is 23.2 Å². The molecule has 0 unspecified atom stereocenters. The predicted octanol–water partition coefficient (Wildman–Crippen LogP) is -0.718. The molecule has 0 heterocycles. The van der Waals surface area contributed by atoms with Gasteiger partial charge in [-0.1, -0.05) is 6.07 Å². The van der Waals surface area contributed by atoms with Gasteiger partial charge in [-0.25, -0.2) is 0 Å². The van der Waals surface area contributed by atoms with Crippen LogP contribution in [0.2, 0.25) is 0 Å². The number of rotatable bonds is 7. The molecule has 0 aliphatic rings. The molecule has 0 fully saturated rings. The second kappa shape index (κ2) is 6.45. The van der Waals surface area contributed by atoms with Crippen molar-refractivity contribution in [1.82, 2.24) is 0 Å². The summed E-state index contributed by atoms with van der Waals surface area (Å²) < 4.78 is 4.96. The first kappa shape index (κ1) is 13.8. The van der Waals surface area contributed by atoms with Crippen LogP contribution >= 0.6 is 0 Å². The Labute approximate surface area is 104 Å². The molecule has 0 radical (unpaired) electrons. The van der Waals surface area contributed by atoms with Gasteiger partial charge in [0.15, 0.2) is 0 Å². The van der Waals surface area contributed by atoms with Crippen molar-refractivity contribution in [3.8, 4) is 0 Å². The summed E-state index contributed by atoms with van der Waals surface area (Å²) in [7, 11) is 0. The van der Waals surface area contributed by atoms with Crippen molar-refractivity contribution in [3.63, 3.8) is 0 Å². The summed E-state index contributed by atoms with van der Waals surface area (Å²) in [6.45, 7) is 0.599. The minimum absolute atomic E-state index is 0.127. The lowest BCUT2D eigenvalue weighted by Crippen LogP contribution is -2.21. The number of carbonyl (C=O) groups excluding carboxylic acids is 2. The largest absolute Gasteiger partial charge is 0.396 e. The Morgan fingerprint density at radius 1 is 1.28 bits per heavy atom. The molecule has 0 aromatic heterocycles. The van der Waals surface area contributed by atoms with E-state index in [-0.39, 0.29) is 12.2 Å². The molecule has 18 heavy (non-hydrogen) atoms. The van der Waals surface area contributed by atoms with Gasteiger partial charge in [0.25, 0.3) is 5.91 Å². The first-order valence-electron chi connectivity index (χ1n) is 5.30. The first-order chi connectivity index (χ1) is 8.52. The minimum Gasteiger partial charge on any atom is -0.396 e. The molecule has 0 saturated heterocycles. The second-order valence-corrected chi connectivity index (χ2v) is 3.58. The quantitative estimate of drug-likeness (QED) is 0.375. The lowest BCUT2D eigenvalue weighted by Gasteiger charge is -2.11. The van der Waals surface area contributed by atoms with Gasteiger partial charge >= 0.3 is 0 Å². The van der Waals surface area contributed by atoms with Crippen LogP contribution in [0.15, 0.2) is 18.2 Å². The molecule has 0 aliphatic heterocycles. The van der Waals surface area contributed by atoms with Crippen LogP contribution in [-0.4, -0.2) is 31.6 Å². The number of hydrogen-bond donors (Lipinski definition) is 4. The molecule has 0 bridgehead atoms.